The predicted octanol–water partition coefficient (Wildman–Crippen LogP) is 1.92. The van der Waals surface area contributed by atoms with E-state index in [9.17, 15) is 21.6 Å². The van der Waals surface area contributed by atoms with Crippen LogP contribution in [0.25, 0.3) is 0 Å². The zero-order chi connectivity index (χ0) is 21.1. The average Bonchev–Trinajstić information content (AvgIpc) is 2.95. The molecular formula is C19H28N2O6S2. The van der Waals surface area contributed by atoms with Crippen molar-refractivity contribution in [3.05, 3.63) is 29.8 Å². The molecule has 0 aromatic heterocycles. The Balaban J connectivity index is 1.72. The Kier molecular flexibility index (Phi) is 6.85. The van der Waals surface area contributed by atoms with Crippen molar-refractivity contribution in [2.45, 2.75) is 61.9 Å². The molecule has 8 nitrogen and oxygen atoms in total. The molecule has 1 saturated carbocycles. The summed E-state index contributed by atoms with van der Waals surface area (Å²) >= 11 is 0. The van der Waals surface area contributed by atoms with Gasteiger partial charge in [0.1, 0.15) is 0 Å². The fourth-order valence-corrected chi connectivity index (χ4v) is 7.30. The van der Waals surface area contributed by atoms with Gasteiger partial charge in [-0.3, -0.25) is 0 Å². The van der Waals surface area contributed by atoms with Crippen molar-refractivity contribution >= 4 is 26.0 Å². The third-order valence-corrected chi connectivity index (χ3v) is 8.74. The van der Waals surface area contributed by atoms with E-state index in [0.717, 1.165) is 18.4 Å². The van der Waals surface area contributed by atoms with Gasteiger partial charge in [0.25, 0.3) is 0 Å². The van der Waals surface area contributed by atoms with E-state index in [-0.39, 0.29) is 23.0 Å². The molecule has 1 heterocycles. The number of amides is 1. The van der Waals surface area contributed by atoms with Crippen LogP contribution in [0, 0.1) is 0 Å². The summed E-state index contributed by atoms with van der Waals surface area (Å²) in [5.41, 5.74) is 1.13. The highest BCUT2D eigenvalue weighted by atomic mass is 32.2. The number of carbonyl (C=O) groups is 1. The third kappa shape index (κ3) is 5.70. The molecular weight excluding hydrogens is 416 g/mol. The Bertz CT molecular complexity index is 922. The summed E-state index contributed by atoms with van der Waals surface area (Å²) in [7, 11) is -7.41. The normalized spacial score (nSPS) is 24.9. The monoisotopic (exact) mass is 444 g/mol. The highest BCUT2D eigenvalue weighted by molar-refractivity contribution is 7.92. The summed E-state index contributed by atoms with van der Waals surface area (Å²) in [5.74, 6) is -0.241. The molecule has 1 aromatic rings. The Hall–Kier alpha value is -1.65. The van der Waals surface area contributed by atoms with Gasteiger partial charge in [-0.15, -0.1) is 0 Å². The number of alkyl carbamates (subject to hydrolysis) is 1. The Morgan fingerprint density at radius 2 is 1.69 bits per heavy atom. The van der Waals surface area contributed by atoms with E-state index in [2.05, 4.69) is 10.0 Å². The maximum absolute atomic E-state index is 12.8. The molecule has 2 fully saturated rings. The number of sulfonamides is 1. The minimum absolute atomic E-state index is 0.0799. The smallest absolute Gasteiger partial charge is 0.407 e. The second-order valence-electron chi connectivity index (χ2n) is 7.68. The van der Waals surface area contributed by atoms with Crippen molar-refractivity contribution in [3.63, 3.8) is 0 Å². The van der Waals surface area contributed by atoms with Crippen LogP contribution in [-0.4, -0.2) is 53.1 Å². The van der Waals surface area contributed by atoms with Crippen LogP contribution in [0.4, 0.5) is 4.79 Å². The van der Waals surface area contributed by atoms with Crippen LogP contribution in [-0.2, 0) is 24.6 Å². The summed E-state index contributed by atoms with van der Waals surface area (Å²) in [6.07, 6.45) is 5.10. The summed E-state index contributed by atoms with van der Waals surface area (Å²) in [6, 6.07) is 4.96. The SMILES string of the molecule is CCOC(=O)N[C@@H]1CS(=O)(=O)C[C@H]1NS(=O)(=O)c1ccc(C2CCCCC2)cc1. The van der Waals surface area contributed by atoms with E-state index in [1.807, 2.05) is 12.1 Å². The lowest BCUT2D eigenvalue weighted by atomic mass is 9.84. The van der Waals surface area contributed by atoms with Crippen molar-refractivity contribution in [1.29, 1.82) is 0 Å². The molecule has 1 amide bonds. The first-order chi connectivity index (χ1) is 13.7. The van der Waals surface area contributed by atoms with E-state index in [1.54, 1.807) is 19.1 Å². The number of carbonyl (C=O) groups excluding carboxylic acids is 1. The minimum atomic E-state index is -3.93. The van der Waals surface area contributed by atoms with Gasteiger partial charge in [0.05, 0.1) is 35.1 Å². The van der Waals surface area contributed by atoms with Gasteiger partial charge in [0, 0.05) is 0 Å². The standard InChI is InChI=1S/C19H28N2O6S2/c1-2-27-19(22)20-17-12-28(23,24)13-18(17)21-29(25,26)16-10-8-15(9-11-16)14-6-4-3-5-7-14/h8-11,14,17-18,21H,2-7,12-13H2,1H3,(H,20,22)/t17-,18-/m1/s1. The second-order valence-corrected chi connectivity index (χ2v) is 11.5. The van der Waals surface area contributed by atoms with Crippen molar-refractivity contribution < 1.29 is 26.4 Å². The molecule has 1 aliphatic heterocycles. The van der Waals surface area contributed by atoms with Crippen LogP contribution in [0.3, 0.4) is 0 Å². The van der Waals surface area contributed by atoms with Gasteiger partial charge in [-0.1, -0.05) is 31.4 Å². The van der Waals surface area contributed by atoms with Crippen LogP contribution < -0.4 is 10.0 Å². The lowest BCUT2D eigenvalue weighted by Crippen LogP contribution is -2.50. The molecule has 162 valence electrons. The average molecular weight is 445 g/mol. The minimum Gasteiger partial charge on any atom is -0.450 e. The van der Waals surface area contributed by atoms with Gasteiger partial charge in [0.2, 0.25) is 10.0 Å². The quantitative estimate of drug-likeness (QED) is 0.692. The zero-order valence-electron chi connectivity index (χ0n) is 16.5. The second kappa shape index (κ2) is 9.01. The lowest BCUT2D eigenvalue weighted by Gasteiger charge is -2.22. The molecule has 0 radical (unpaired) electrons. The molecule has 2 atom stereocenters. The first kappa shape index (κ1) is 22.0. The molecule has 2 N–H and O–H groups in total. The molecule has 0 bridgehead atoms. The number of rotatable bonds is 6. The first-order valence-corrected chi connectivity index (χ1v) is 13.3. The van der Waals surface area contributed by atoms with Crippen molar-refractivity contribution in [3.8, 4) is 0 Å². The Morgan fingerprint density at radius 1 is 1.07 bits per heavy atom. The highest BCUT2D eigenvalue weighted by Crippen LogP contribution is 2.33. The van der Waals surface area contributed by atoms with Gasteiger partial charge < -0.3 is 10.1 Å². The van der Waals surface area contributed by atoms with Gasteiger partial charge in [-0.05, 0) is 43.4 Å². The van der Waals surface area contributed by atoms with Gasteiger partial charge >= 0.3 is 6.09 Å². The summed E-state index contributed by atoms with van der Waals surface area (Å²) < 4.78 is 56.8. The maximum Gasteiger partial charge on any atom is 0.407 e. The third-order valence-electron chi connectivity index (χ3n) is 5.50. The molecule has 0 unspecified atom stereocenters. The number of sulfone groups is 1. The summed E-state index contributed by atoms with van der Waals surface area (Å²) in [4.78, 5) is 11.8. The fraction of sp³-hybridized carbons (Fsp3) is 0.632. The first-order valence-electron chi connectivity index (χ1n) is 9.96. The van der Waals surface area contributed by atoms with E-state index >= 15 is 0 Å². The topological polar surface area (TPSA) is 119 Å². The Labute approximate surface area is 172 Å². The molecule has 2 aliphatic rings. The largest absolute Gasteiger partial charge is 0.450 e. The summed E-state index contributed by atoms with van der Waals surface area (Å²) in [6.45, 7) is 1.76. The van der Waals surface area contributed by atoms with Gasteiger partial charge in [0.15, 0.2) is 9.84 Å². The van der Waals surface area contributed by atoms with Crippen LogP contribution in [0.1, 0.15) is 50.5 Å². The van der Waals surface area contributed by atoms with Crippen molar-refractivity contribution in [1.82, 2.24) is 10.0 Å². The molecule has 0 spiro atoms. The van der Waals surface area contributed by atoms with Crippen LogP contribution in [0.2, 0.25) is 0 Å². The predicted molar refractivity (Wildman–Crippen MR) is 109 cm³/mol. The maximum atomic E-state index is 12.8. The Morgan fingerprint density at radius 3 is 2.31 bits per heavy atom. The van der Waals surface area contributed by atoms with Gasteiger partial charge in [-0.2, -0.15) is 0 Å². The van der Waals surface area contributed by atoms with Crippen molar-refractivity contribution in [2.75, 3.05) is 18.1 Å². The molecule has 1 aromatic carbocycles. The molecule has 29 heavy (non-hydrogen) atoms. The summed E-state index contributed by atoms with van der Waals surface area (Å²) in [5, 5.41) is 2.44. The molecule has 10 heteroatoms. The van der Waals surface area contributed by atoms with Crippen molar-refractivity contribution in [2.24, 2.45) is 0 Å². The number of ether oxygens (including phenoxy) is 1. The number of nitrogens with one attached hydrogen (secondary N) is 2. The number of hydrogen-bond donors (Lipinski definition) is 2. The fourth-order valence-electron chi connectivity index (χ4n) is 4.05. The lowest BCUT2D eigenvalue weighted by molar-refractivity contribution is 0.148. The van der Waals surface area contributed by atoms with Gasteiger partial charge in [-0.25, -0.2) is 26.4 Å². The van der Waals surface area contributed by atoms with Crippen LogP contribution in [0.5, 0.6) is 0 Å². The van der Waals surface area contributed by atoms with E-state index in [0.29, 0.717) is 5.92 Å². The highest BCUT2D eigenvalue weighted by Gasteiger charge is 2.41. The van der Waals surface area contributed by atoms with Crippen LogP contribution >= 0.6 is 0 Å². The molecule has 1 aliphatic carbocycles. The molecule has 1 saturated heterocycles. The number of benzene rings is 1. The molecule has 3 rings (SSSR count). The number of hydrogen-bond acceptors (Lipinski definition) is 6. The van der Waals surface area contributed by atoms with E-state index < -0.39 is 38.0 Å². The zero-order valence-corrected chi connectivity index (χ0v) is 18.1. The van der Waals surface area contributed by atoms with E-state index in [4.69, 9.17) is 4.74 Å². The van der Waals surface area contributed by atoms with Crippen LogP contribution in [0.15, 0.2) is 29.2 Å². The van der Waals surface area contributed by atoms with E-state index in [1.165, 1.54) is 19.3 Å².